The van der Waals surface area contributed by atoms with E-state index in [1.54, 1.807) is 0 Å². The van der Waals surface area contributed by atoms with E-state index in [0.717, 1.165) is 29.5 Å². The molecule has 0 radical (unpaired) electrons. The van der Waals surface area contributed by atoms with Crippen molar-refractivity contribution >= 4 is 21.7 Å². The quantitative estimate of drug-likeness (QED) is 0.419. The number of unbranched alkanes of at least 4 members (excludes halogenated alkanes) is 2. The van der Waals surface area contributed by atoms with Gasteiger partial charge in [0.05, 0.1) is 0 Å². The molecule has 0 bridgehead atoms. The third-order valence-electron chi connectivity index (χ3n) is 3.79. The van der Waals surface area contributed by atoms with Crippen LogP contribution in [0.2, 0.25) is 0 Å². The number of nitrogens with zero attached hydrogens (tertiary/aromatic N) is 1. The number of carbonyl (C=O) groups is 1. The molecule has 1 rings (SSSR count). The van der Waals surface area contributed by atoms with E-state index in [9.17, 15) is 4.79 Å². The Morgan fingerprint density at radius 1 is 1.10 bits per heavy atom. The van der Waals surface area contributed by atoms with Gasteiger partial charge < -0.3 is 4.90 Å². The number of Topliss-reactive ketones (excluding diaryl/α,β-unsaturated/α-hetero) is 1. The van der Waals surface area contributed by atoms with E-state index in [1.807, 2.05) is 24.3 Å². The average molecular weight is 354 g/mol. The molecular weight excluding hydrogens is 326 g/mol. The Bertz CT molecular complexity index is 414. The highest BCUT2D eigenvalue weighted by atomic mass is 79.9. The van der Waals surface area contributed by atoms with Crippen molar-refractivity contribution in [3.8, 4) is 0 Å². The second-order valence-corrected chi connectivity index (χ2v) is 6.79. The number of rotatable bonds is 10. The van der Waals surface area contributed by atoms with Crippen LogP contribution in [-0.2, 0) is 0 Å². The van der Waals surface area contributed by atoms with Gasteiger partial charge in [-0.2, -0.15) is 0 Å². The molecule has 1 aromatic carbocycles. The maximum Gasteiger partial charge on any atom is 0.162 e. The van der Waals surface area contributed by atoms with Gasteiger partial charge in [-0.1, -0.05) is 47.8 Å². The smallest absolute Gasteiger partial charge is 0.162 e. The highest BCUT2D eigenvalue weighted by molar-refractivity contribution is 9.10. The van der Waals surface area contributed by atoms with Crippen molar-refractivity contribution < 1.29 is 4.79 Å². The molecule has 1 aromatic rings. The fraction of sp³-hybridized carbons (Fsp3) is 0.611. The van der Waals surface area contributed by atoms with E-state index >= 15 is 0 Å². The maximum absolute atomic E-state index is 12.1. The van der Waals surface area contributed by atoms with Crippen LogP contribution in [0.15, 0.2) is 28.7 Å². The van der Waals surface area contributed by atoms with Crippen molar-refractivity contribution in [2.75, 3.05) is 13.1 Å². The summed E-state index contributed by atoms with van der Waals surface area (Å²) in [6, 6.07) is 8.21. The van der Waals surface area contributed by atoms with E-state index in [0.29, 0.717) is 12.5 Å². The Morgan fingerprint density at radius 3 is 2.29 bits per heavy atom. The van der Waals surface area contributed by atoms with Crippen LogP contribution in [-0.4, -0.2) is 29.8 Å². The van der Waals surface area contributed by atoms with Crippen LogP contribution in [0, 0.1) is 0 Å². The minimum absolute atomic E-state index is 0.250. The lowest BCUT2D eigenvalue weighted by atomic mass is 10.1. The molecule has 2 nitrogen and oxygen atoms in total. The van der Waals surface area contributed by atoms with E-state index in [1.165, 1.54) is 19.3 Å². The fourth-order valence-corrected chi connectivity index (χ4v) is 2.68. The van der Waals surface area contributed by atoms with Crippen LogP contribution in [0.1, 0.15) is 63.2 Å². The molecule has 0 saturated carbocycles. The van der Waals surface area contributed by atoms with Gasteiger partial charge in [0.25, 0.3) is 0 Å². The lowest BCUT2D eigenvalue weighted by Crippen LogP contribution is -2.33. The largest absolute Gasteiger partial charge is 0.301 e. The fourth-order valence-electron chi connectivity index (χ4n) is 2.42. The van der Waals surface area contributed by atoms with Gasteiger partial charge in [-0.3, -0.25) is 4.79 Å². The van der Waals surface area contributed by atoms with Gasteiger partial charge >= 0.3 is 0 Å². The van der Waals surface area contributed by atoms with Crippen LogP contribution in [0.3, 0.4) is 0 Å². The zero-order valence-electron chi connectivity index (χ0n) is 13.6. The number of hydrogen-bond acceptors (Lipinski definition) is 2. The van der Waals surface area contributed by atoms with Gasteiger partial charge in [-0.25, -0.2) is 0 Å². The average Bonchev–Trinajstić information content (AvgIpc) is 2.46. The molecule has 3 heteroatoms. The molecule has 0 atom stereocenters. The van der Waals surface area contributed by atoms with E-state index in [-0.39, 0.29) is 5.78 Å². The van der Waals surface area contributed by atoms with Crippen LogP contribution >= 0.6 is 15.9 Å². The van der Waals surface area contributed by atoms with Gasteiger partial charge in [-0.15, -0.1) is 0 Å². The predicted molar refractivity (Wildman–Crippen MR) is 93.9 cm³/mol. The van der Waals surface area contributed by atoms with E-state index in [4.69, 9.17) is 0 Å². The second kappa shape index (κ2) is 10.1. The summed E-state index contributed by atoms with van der Waals surface area (Å²) < 4.78 is 1.01. The van der Waals surface area contributed by atoms with E-state index < -0.39 is 0 Å². The van der Waals surface area contributed by atoms with Gasteiger partial charge in [0.15, 0.2) is 5.78 Å². The zero-order valence-corrected chi connectivity index (χ0v) is 15.2. The highest BCUT2D eigenvalue weighted by Crippen LogP contribution is 2.13. The van der Waals surface area contributed by atoms with Crippen LogP contribution < -0.4 is 0 Å². The van der Waals surface area contributed by atoms with Crippen LogP contribution in [0.4, 0.5) is 0 Å². The van der Waals surface area contributed by atoms with Gasteiger partial charge in [-0.05, 0) is 51.9 Å². The minimum Gasteiger partial charge on any atom is -0.301 e. The summed E-state index contributed by atoms with van der Waals surface area (Å²) in [4.78, 5) is 14.6. The summed E-state index contributed by atoms with van der Waals surface area (Å²) >= 11 is 3.39. The standard InChI is InChI=1S/C18H28BrNO/c1-4-5-6-13-20(15(2)3)14-7-8-18(21)16-9-11-17(19)12-10-16/h9-12,15H,4-8,13-14H2,1-3H3. The molecule has 0 fully saturated rings. The van der Waals surface area contributed by atoms with Crippen molar-refractivity contribution in [3.05, 3.63) is 34.3 Å². The number of halogens is 1. The van der Waals surface area contributed by atoms with Gasteiger partial charge in [0, 0.05) is 22.5 Å². The molecule has 0 aliphatic heterocycles. The van der Waals surface area contributed by atoms with Crippen molar-refractivity contribution in [2.24, 2.45) is 0 Å². The summed E-state index contributed by atoms with van der Waals surface area (Å²) in [7, 11) is 0. The first-order chi connectivity index (χ1) is 10.0. The lowest BCUT2D eigenvalue weighted by Gasteiger charge is -2.26. The molecule has 118 valence electrons. The SMILES string of the molecule is CCCCCN(CCCC(=O)c1ccc(Br)cc1)C(C)C. The number of hydrogen-bond donors (Lipinski definition) is 0. The lowest BCUT2D eigenvalue weighted by molar-refractivity contribution is 0.0971. The summed E-state index contributed by atoms with van der Waals surface area (Å²) in [6.07, 6.45) is 5.39. The molecule has 0 saturated heterocycles. The molecule has 21 heavy (non-hydrogen) atoms. The summed E-state index contributed by atoms with van der Waals surface area (Å²) in [5, 5.41) is 0. The maximum atomic E-state index is 12.1. The monoisotopic (exact) mass is 353 g/mol. The molecule has 0 N–H and O–H groups in total. The first kappa shape index (κ1) is 18.4. The number of ketones is 1. The highest BCUT2D eigenvalue weighted by Gasteiger charge is 2.11. The molecule has 0 spiro atoms. The Kier molecular flexibility index (Phi) is 8.86. The second-order valence-electron chi connectivity index (χ2n) is 5.87. The normalized spacial score (nSPS) is 11.3. The van der Waals surface area contributed by atoms with Crippen molar-refractivity contribution in [3.63, 3.8) is 0 Å². The van der Waals surface area contributed by atoms with E-state index in [2.05, 4.69) is 41.6 Å². The molecular formula is C18H28BrNO. The molecule has 0 heterocycles. The first-order valence-corrected chi connectivity index (χ1v) is 8.86. The van der Waals surface area contributed by atoms with Gasteiger partial charge in [0.1, 0.15) is 0 Å². The Labute approximate surface area is 138 Å². The van der Waals surface area contributed by atoms with Crippen LogP contribution in [0.5, 0.6) is 0 Å². The van der Waals surface area contributed by atoms with Gasteiger partial charge in [0.2, 0.25) is 0 Å². The van der Waals surface area contributed by atoms with Crippen LogP contribution in [0.25, 0.3) is 0 Å². The Balaban J connectivity index is 2.35. The molecule has 0 aliphatic rings. The van der Waals surface area contributed by atoms with Crippen molar-refractivity contribution in [1.82, 2.24) is 4.90 Å². The summed E-state index contributed by atoms with van der Waals surface area (Å²) in [5.74, 6) is 0.250. The summed E-state index contributed by atoms with van der Waals surface area (Å²) in [6.45, 7) is 8.88. The molecule has 0 amide bonds. The number of benzene rings is 1. The predicted octanol–water partition coefficient (Wildman–Crippen LogP) is 5.31. The van der Waals surface area contributed by atoms with Crippen molar-refractivity contribution in [2.45, 2.75) is 58.9 Å². The first-order valence-electron chi connectivity index (χ1n) is 8.07. The zero-order chi connectivity index (χ0) is 15.7. The molecule has 0 unspecified atom stereocenters. The Hall–Kier alpha value is -0.670. The summed E-state index contributed by atoms with van der Waals surface area (Å²) in [5.41, 5.74) is 0.820. The third-order valence-corrected chi connectivity index (χ3v) is 4.32. The van der Waals surface area contributed by atoms with Crippen molar-refractivity contribution in [1.29, 1.82) is 0 Å². The topological polar surface area (TPSA) is 20.3 Å². The Morgan fingerprint density at radius 2 is 1.71 bits per heavy atom. The minimum atomic E-state index is 0.250. The number of carbonyl (C=O) groups excluding carboxylic acids is 1. The molecule has 0 aliphatic carbocycles. The molecule has 0 aromatic heterocycles. The third kappa shape index (κ3) is 7.23.